The summed E-state index contributed by atoms with van der Waals surface area (Å²) < 4.78 is 29.6. The van der Waals surface area contributed by atoms with Crippen molar-refractivity contribution < 1.29 is 28.5 Å². The van der Waals surface area contributed by atoms with Crippen molar-refractivity contribution in [2.75, 3.05) is 27.9 Å². The number of nitrogens with zero attached hydrogens (tertiary/aromatic N) is 2. The average molecular weight is 553 g/mol. The largest absolute Gasteiger partial charge is 0.497 e. The van der Waals surface area contributed by atoms with E-state index in [-0.39, 0.29) is 23.8 Å². The number of benzene rings is 2. The van der Waals surface area contributed by atoms with Crippen LogP contribution in [0.5, 0.6) is 23.0 Å². The van der Waals surface area contributed by atoms with Crippen LogP contribution in [0.2, 0.25) is 0 Å². The zero-order chi connectivity index (χ0) is 28.3. The van der Waals surface area contributed by atoms with Crippen molar-refractivity contribution in [3.05, 3.63) is 78.5 Å². The number of hydrogen-bond acceptors (Lipinski definition) is 9. The minimum absolute atomic E-state index is 0.0606. The fraction of sp³-hybridized carbons (Fsp3) is 0.345. The van der Waals surface area contributed by atoms with Gasteiger partial charge in [-0.1, -0.05) is 17.4 Å². The molecule has 3 aromatic rings. The van der Waals surface area contributed by atoms with E-state index in [2.05, 4.69) is 4.99 Å². The molecule has 0 radical (unpaired) electrons. The molecular formula is C29H32N2O7S. The lowest BCUT2D eigenvalue weighted by atomic mass is 9.95. The second-order valence-corrected chi connectivity index (χ2v) is 10.00. The molecule has 0 unspecified atom stereocenters. The molecule has 0 fully saturated rings. The summed E-state index contributed by atoms with van der Waals surface area (Å²) in [6, 6.07) is 9.98. The lowest BCUT2D eigenvalue weighted by Crippen LogP contribution is -2.40. The summed E-state index contributed by atoms with van der Waals surface area (Å²) in [6.07, 6.45) is 1.69. The highest BCUT2D eigenvalue weighted by Gasteiger charge is 2.34. The summed E-state index contributed by atoms with van der Waals surface area (Å²) in [5.74, 6) is 1.72. The molecule has 4 rings (SSSR count). The zero-order valence-corrected chi connectivity index (χ0v) is 23.9. The average Bonchev–Trinajstić information content (AvgIpc) is 3.22. The van der Waals surface area contributed by atoms with Crippen molar-refractivity contribution in [1.29, 1.82) is 0 Å². The number of methoxy groups -OCH3 is 3. The maximum atomic E-state index is 13.9. The third-order valence-corrected chi connectivity index (χ3v) is 7.09. The number of allylic oxidation sites excluding steroid dienone is 1. The fourth-order valence-corrected chi connectivity index (χ4v) is 5.43. The summed E-state index contributed by atoms with van der Waals surface area (Å²) in [5, 5.41) is 0. The molecule has 0 aliphatic carbocycles. The number of aromatic nitrogens is 1. The van der Waals surface area contributed by atoms with Crippen LogP contribution in [0, 0.1) is 0 Å². The summed E-state index contributed by atoms with van der Waals surface area (Å²) in [6.45, 7) is 7.52. The first-order valence-corrected chi connectivity index (χ1v) is 13.3. The van der Waals surface area contributed by atoms with E-state index in [0.717, 1.165) is 0 Å². The molecule has 39 heavy (non-hydrogen) atoms. The lowest BCUT2D eigenvalue weighted by Gasteiger charge is -2.25. The Bertz CT molecular complexity index is 1600. The minimum Gasteiger partial charge on any atom is -0.497 e. The van der Waals surface area contributed by atoms with E-state index in [1.165, 1.54) is 15.9 Å². The van der Waals surface area contributed by atoms with Gasteiger partial charge in [-0.15, -0.1) is 0 Å². The van der Waals surface area contributed by atoms with Crippen molar-refractivity contribution in [2.24, 2.45) is 4.99 Å². The van der Waals surface area contributed by atoms with E-state index >= 15 is 0 Å². The van der Waals surface area contributed by atoms with Crippen LogP contribution < -0.4 is 33.8 Å². The Balaban J connectivity index is 1.95. The highest BCUT2D eigenvalue weighted by Crippen LogP contribution is 2.36. The molecule has 1 atom stereocenters. The molecule has 2 heterocycles. The predicted octanol–water partition coefficient (Wildman–Crippen LogP) is 3.61. The maximum Gasteiger partial charge on any atom is 0.338 e. The number of carbonyl (C=O) groups excluding carboxylic acids is 1. The minimum atomic E-state index is -0.776. The molecule has 0 saturated heterocycles. The first-order valence-electron chi connectivity index (χ1n) is 12.5. The van der Waals surface area contributed by atoms with Crippen molar-refractivity contribution in [1.82, 2.24) is 4.57 Å². The van der Waals surface area contributed by atoms with Crippen LogP contribution >= 0.6 is 11.3 Å². The highest BCUT2D eigenvalue weighted by molar-refractivity contribution is 7.07. The molecular weight excluding hydrogens is 520 g/mol. The molecule has 0 bridgehead atoms. The van der Waals surface area contributed by atoms with E-state index in [0.29, 0.717) is 49.2 Å². The Hall–Kier alpha value is -4.05. The molecule has 206 valence electrons. The third kappa shape index (κ3) is 5.56. The van der Waals surface area contributed by atoms with Gasteiger partial charge in [-0.2, -0.15) is 0 Å². The normalized spacial score (nSPS) is 15.1. The molecule has 1 aliphatic rings. The Morgan fingerprint density at radius 1 is 1.05 bits per heavy atom. The standard InChI is InChI=1S/C29H32N2O7S/c1-8-37-28(33)25-17(4)30-29-31(26(25)19-10-12-21(38-16(2)3)23(13-19)36-7)27(32)24(39-29)14-18-9-11-20(34-5)15-22(18)35-6/h9-16,26H,8H2,1-7H3/b24-14-/t26-/m0/s1. The second-order valence-electron chi connectivity index (χ2n) is 8.99. The van der Waals surface area contributed by atoms with Gasteiger partial charge in [-0.25, -0.2) is 9.79 Å². The van der Waals surface area contributed by atoms with Crippen molar-refractivity contribution in [2.45, 2.75) is 39.8 Å². The Labute approximate surface area is 230 Å². The van der Waals surface area contributed by atoms with Gasteiger partial charge in [-0.05, 0) is 63.6 Å². The summed E-state index contributed by atoms with van der Waals surface area (Å²) in [5.41, 5.74) is 1.85. The van der Waals surface area contributed by atoms with Gasteiger partial charge in [0.25, 0.3) is 5.56 Å². The summed E-state index contributed by atoms with van der Waals surface area (Å²) in [4.78, 5) is 32.2. The summed E-state index contributed by atoms with van der Waals surface area (Å²) >= 11 is 1.24. The molecule has 10 heteroatoms. The van der Waals surface area contributed by atoms with E-state index in [1.54, 1.807) is 65.5 Å². The molecule has 0 amide bonds. The first kappa shape index (κ1) is 28.0. The van der Waals surface area contributed by atoms with E-state index in [1.807, 2.05) is 26.0 Å². The van der Waals surface area contributed by atoms with E-state index < -0.39 is 12.0 Å². The van der Waals surface area contributed by atoms with Crippen LogP contribution in [0.4, 0.5) is 0 Å². The van der Waals surface area contributed by atoms with Crippen LogP contribution in [0.3, 0.4) is 0 Å². The van der Waals surface area contributed by atoms with Crippen molar-refractivity contribution >= 4 is 23.4 Å². The van der Waals surface area contributed by atoms with Gasteiger partial charge in [0, 0.05) is 11.6 Å². The lowest BCUT2D eigenvalue weighted by molar-refractivity contribution is -0.139. The molecule has 0 spiro atoms. The second kappa shape index (κ2) is 11.8. The van der Waals surface area contributed by atoms with Gasteiger partial charge < -0.3 is 23.7 Å². The number of ether oxygens (including phenoxy) is 5. The van der Waals surface area contributed by atoms with Crippen LogP contribution in [0.25, 0.3) is 6.08 Å². The predicted molar refractivity (Wildman–Crippen MR) is 149 cm³/mol. The van der Waals surface area contributed by atoms with Crippen LogP contribution in [-0.4, -0.2) is 44.6 Å². The van der Waals surface area contributed by atoms with Gasteiger partial charge in [0.05, 0.1) is 55.9 Å². The smallest absolute Gasteiger partial charge is 0.338 e. The topological polar surface area (TPSA) is 97.6 Å². The monoisotopic (exact) mass is 552 g/mol. The van der Waals surface area contributed by atoms with E-state index in [9.17, 15) is 9.59 Å². The molecule has 1 aromatic heterocycles. The van der Waals surface area contributed by atoms with Gasteiger partial charge in [0.1, 0.15) is 11.5 Å². The van der Waals surface area contributed by atoms with Crippen LogP contribution in [0.1, 0.15) is 44.9 Å². The molecule has 9 nitrogen and oxygen atoms in total. The van der Waals surface area contributed by atoms with Gasteiger partial charge in [0.2, 0.25) is 0 Å². The van der Waals surface area contributed by atoms with Crippen molar-refractivity contribution in [3.63, 3.8) is 0 Å². The Kier molecular flexibility index (Phi) is 8.44. The Morgan fingerprint density at radius 3 is 2.44 bits per heavy atom. The number of fused-ring (bicyclic) bond motifs is 1. The SMILES string of the molecule is CCOC(=O)C1=C(C)N=c2s/c(=C\c3ccc(OC)cc3OC)c(=O)n2[C@H]1c1ccc(OC(C)C)c(OC)c1. The number of rotatable bonds is 9. The molecule has 0 saturated carbocycles. The third-order valence-electron chi connectivity index (χ3n) is 6.11. The molecule has 1 aliphatic heterocycles. The van der Waals surface area contributed by atoms with Crippen LogP contribution in [-0.2, 0) is 9.53 Å². The number of esters is 1. The van der Waals surface area contributed by atoms with Gasteiger partial charge >= 0.3 is 5.97 Å². The quantitative estimate of drug-likeness (QED) is 0.374. The fourth-order valence-electron chi connectivity index (χ4n) is 4.39. The number of hydrogen-bond donors (Lipinski definition) is 0. The van der Waals surface area contributed by atoms with E-state index in [4.69, 9.17) is 23.7 Å². The molecule has 2 aromatic carbocycles. The Morgan fingerprint density at radius 2 is 1.79 bits per heavy atom. The highest BCUT2D eigenvalue weighted by atomic mass is 32.1. The summed E-state index contributed by atoms with van der Waals surface area (Å²) in [7, 11) is 4.68. The number of carbonyl (C=O) groups is 1. The maximum absolute atomic E-state index is 13.9. The number of thiazole rings is 1. The van der Waals surface area contributed by atoms with Crippen LogP contribution in [0.15, 0.2) is 57.5 Å². The van der Waals surface area contributed by atoms with Crippen molar-refractivity contribution in [3.8, 4) is 23.0 Å². The van der Waals surface area contributed by atoms with Gasteiger partial charge in [0.15, 0.2) is 16.3 Å². The van der Waals surface area contributed by atoms with Gasteiger partial charge in [-0.3, -0.25) is 9.36 Å². The zero-order valence-electron chi connectivity index (χ0n) is 23.1. The molecule has 0 N–H and O–H groups in total. The first-order chi connectivity index (χ1) is 18.7.